The highest BCUT2D eigenvalue weighted by Gasteiger charge is 2.00. The van der Waals surface area contributed by atoms with Crippen LogP contribution in [0.1, 0.15) is 11.1 Å². The minimum absolute atomic E-state index is 0.755. The molecule has 0 aromatic heterocycles. The number of hydrogen-bond acceptors (Lipinski definition) is 3. The molecule has 0 aliphatic carbocycles. The van der Waals surface area contributed by atoms with E-state index in [1.54, 1.807) is 12.1 Å². The average molecular weight is 180 g/mol. The van der Waals surface area contributed by atoms with Crippen molar-refractivity contribution in [2.24, 2.45) is 5.84 Å². The van der Waals surface area contributed by atoms with Gasteiger partial charge in [-0.2, -0.15) is 0 Å². The van der Waals surface area contributed by atoms with E-state index < -0.39 is 0 Å². The van der Waals surface area contributed by atoms with Crippen LogP contribution in [0.4, 0.5) is 0 Å². The van der Waals surface area contributed by atoms with Gasteiger partial charge in [-0.25, -0.2) is 5.01 Å². The number of hydrogen-bond donors (Lipinski definition) is 1. The van der Waals surface area contributed by atoms with Gasteiger partial charge >= 0.3 is 0 Å². The minimum atomic E-state index is 0.755. The smallest absolute Gasteiger partial charge is 0.121 e. The van der Waals surface area contributed by atoms with Crippen LogP contribution >= 0.6 is 0 Å². The third-order valence-corrected chi connectivity index (χ3v) is 1.89. The van der Waals surface area contributed by atoms with Gasteiger partial charge in [-0.1, -0.05) is 12.1 Å². The van der Waals surface area contributed by atoms with Crippen LogP contribution in [0.5, 0.6) is 5.75 Å². The van der Waals surface area contributed by atoms with Gasteiger partial charge in [0.05, 0.1) is 7.11 Å². The topological polar surface area (TPSA) is 38.5 Å². The monoisotopic (exact) mass is 180 g/mol. The van der Waals surface area contributed by atoms with Crippen molar-refractivity contribution in [3.8, 4) is 5.75 Å². The summed E-state index contributed by atoms with van der Waals surface area (Å²) < 4.78 is 5.16. The molecule has 72 valence electrons. The first-order chi connectivity index (χ1) is 6.13. The van der Waals surface area contributed by atoms with E-state index in [0.717, 1.165) is 17.9 Å². The molecule has 0 unspecified atom stereocenters. The third-order valence-electron chi connectivity index (χ3n) is 1.89. The molecule has 0 amide bonds. The van der Waals surface area contributed by atoms with E-state index in [4.69, 9.17) is 10.6 Å². The molecule has 1 aromatic rings. The Morgan fingerprint density at radius 2 is 2.15 bits per heavy atom. The summed E-state index contributed by atoms with van der Waals surface area (Å²) in [5.74, 6) is 6.47. The first kappa shape index (κ1) is 10.0. The highest BCUT2D eigenvalue weighted by molar-refractivity contribution is 5.35. The lowest BCUT2D eigenvalue weighted by Gasteiger charge is -2.11. The first-order valence-corrected chi connectivity index (χ1v) is 4.23. The Morgan fingerprint density at radius 3 is 2.62 bits per heavy atom. The normalized spacial score (nSPS) is 10.5. The predicted molar refractivity (Wildman–Crippen MR) is 53.4 cm³/mol. The van der Waals surface area contributed by atoms with Crippen LogP contribution in [-0.2, 0) is 6.54 Å². The summed E-state index contributed by atoms with van der Waals surface area (Å²) in [4.78, 5) is 0. The summed E-state index contributed by atoms with van der Waals surface area (Å²) in [6, 6.07) is 6.07. The Morgan fingerprint density at radius 1 is 1.46 bits per heavy atom. The molecular formula is C10H16N2O. The van der Waals surface area contributed by atoms with Crippen molar-refractivity contribution >= 4 is 0 Å². The summed E-state index contributed by atoms with van der Waals surface area (Å²) in [6.07, 6.45) is 0. The number of nitrogens with zero attached hydrogens (tertiary/aromatic N) is 1. The largest absolute Gasteiger partial charge is 0.496 e. The summed E-state index contributed by atoms with van der Waals surface area (Å²) >= 11 is 0. The second kappa shape index (κ2) is 4.25. The maximum Gasteiger partial charge on any atom is 0.121 e. The van der Waals surface area contributed by atoms with Crippen LogP contribution in [0.25, 0.3) is 0 Å². The predicted octanol–water partition coefficient (Wildman–Crippen LogP) is 1.31. The Bertz CT molecular complexity index is 284. The lowest BCUT2D eigenvalue weighted by atomic mass is 10.1. The van der Waals surface area contributed by atoms with Crippen LogP contribution in [0.15, 0.2) is 18.2 Å². The van der Waals surface area contributed by atoms with Crippen molar-refractivity contribution in [3.63, 3.8) is 0 Å². The van der Waals surface area contributed by atoms with Gasteiger partial charge in [-0.3, -0.25) is 5.84 Å². The third kappa shape index (κ3) is 2.72. The van der Waals surface area contributed by atoms with E-state index in [-0.39, 0.29) is 0 Å². The Kier molecular flexibility index (Phi) is 3.28. The number of benzene rings is 1. The van der Waals surface area contributed by atoms with E-state index in [9.17, 15) is 0 Å². The molecule has 0 spiro atoms. The fraction of sp³-hybridized carbons (Fsp3) is 0.400. The molecule has 2 N–H and O–H groups in total. The Hall–Kier alpha value is -1.06. The van der Waals surface area contributed by atoms with Gasteiger partial charge in [0.15, 0.2) is 0 Å². The number of nitrogens with two attached hydrogens (primary N) is 1. The fourth-order valence-corrected chi connectivity index (χ4v) is 1.33. The van der Waals surface area contributed by atoms with Crippen LogP contribution in [-0.4, -0.2) is 19.2 Å². The highest BCUT2D eigenvalue weighted by atomic mass is 16.5. The summed E-state index contributed by atoms with van der Waals surface area (Å²) in [5.41, 5.74) is 2.34. The number of ether oxygens (including phenoxy) is 1. The first-order valence-electron chi connectivity index (χ1n) is 4.23. The highest BCUT2D eigenvalue weighted by Crippen LogP contribution is 2.18. The summed E-state index contributed by atoms with van der Waals surface area (Å²) in [7, 11) is 3.52. The SMILES string of the molecule is COc1ccc(CN(C)N)cc1C. The maximum atomic E-state index is 5.55. The Balaban J connectivity index is 2.83. The van der Waals surface area contributed by atoms with Crippen LogP contribution in [0, 0.1) is 6.92 Å². The van der Waals surface area contributed by atoms with Gasteiger partial charge < -0.3 is 4.74 Å². The van der Waals surface area contributed by atoms with Crippen LogP contribution < -0.4 is 10.6 Å². The second-order valence-corrected chi connectivity index (χ2v) is 3.22. The number of hydrazine groups is 1. The molecule has 0 atom stereocenters. The van der Waals surface area contributed by atoms with Gasteiger partial charge in [0.2, 0.25) is 0 Å². The molecule has 13 heavy (non-hydrogen) atoms. The maximum absolute atomic E-state index is 5.55. The summed E-state index contributed by atoms with van der Waals surface area (Å²) in [6.45, 7) is 2.78. The molecule has 3 nitrogen and oxygen atoms in total. The lowest BCUT2D eigenvalue weighted by Crippen LogP contribution is -2.24. The van der Waals surface area contributed by atoms with Crippen molar-refractivity contribution in [1.82, 2.24) is 5.01 Å². The molecular weight excluding hydrogens is 164 g/mol. The molecule has 0 saturated carbocycles. The van der Waals surface area contributed by atoms with Gasteiger partial charge in [0, 0.05) is 13.6 Å². The van der Waals surface area contributed by atoms with E-state index >= 15 is 0 Å². The number of methoxy groups -OCH3 is 1. The van der Waals surface area contributed by atoms with Gasteiger partial charge in [0.1, 0.15) is 5.75 Å². The van der Waals surface area contributed by atoms with E-state index in [1.807, 2.05) is 26.1 Å². The van der Waals surface area contributed by atoms with Gasteiger partial charge in [-0.15, -0.1) is 0 Å². The second-order valence-electron chi connectivity index (χ2n) is 3.22. The van der Waals surface area contributed by atoms with Crippen LogP contribution in [0.3, 0.4) is 0 Å². The molecule has 0 fully saturated rings. The molecule has 0 heterocycles. The quantitative estimate of drug-likeness (QED) is 0.563. The van der Waals surface area contributed by atoms with Crippen LogP contribution in [0.2, 0.25) is 0 Å². The number of rotatable bonds is 3. The average Bonchev–Trinajstić information content (AvgIpc) is 2.03. The molecule has 0 aliphatic rings. The zero-order valence-corrected chi connectivity index (χ0v) is 8.37. The molecule has 1 aromatic carbocycles. The van der Waals surface area contributed by atoms with Crippen molar-refractivity contribution in [2.75, 3.05) is 14.2 Å². The molecule has 0 saturated heterocycles. The van der Waals surface area contributed by atoms with Crippen molar-refractivity contribution < 1.29 is 4.74 Å². The van der Waals surface area contributed by atoms with E-state index in [1.165, 1.54) is 5.56 Å². The summed E-state index contributed by atoms with van der Waals surface area (Å²) in [5, 5.41) is 1.65. The Labute approximate surface area is 79.1 Å². The lowest BCUT2D eigenvalue weighted by molar-refractivity contribution is 0.341. The van der Waals surface area contributed by atoms with Crippen molar-refractivity contribution in [1.29, 1.82) is 0 Å². The van der Waals surface area contributed by atoms with Crippen molar-refractivity contribution in [3.05, 3.63) is 29.3 Å². The van der Waals surface area contributed by atoms with E-state index in [0.29, 0.717) is 0 Å². The molecule has 0 aliphatic heterocycles. The molecule has 0 bridgehead atoms. The molecule has 3 heteroatoms. The molecule has 1 rings (SSSR count). The zero-order valence-electron chi connectivity index (χ0n) is 8.37. The number of aryl methyl sites for hydroxylation is 1. The van der Waals surface area contributed by atoms with E-state index in [2.05, 4.69) is 6.07 Å². The zero-order chi connectivity index (χ0) is 9.84. The molecule has 0 radical (unpaired) electrons. The minimum Gasteiger partial charge on any atom is -0.496 e. The van der Waals surface area contributed by atoms with Gasteiger partial charge in [-0.05, 0) is 24.1 Å². The van der Waals surface area contributed by atoms with Crippen molar-refractivity contribution in [2.45, 2.75) is 13.5 Å². The van der Waals surface area contributed by atoms with Gasteiger partial charge in [0.25, 0.3) is 0 Å². The fourth-order valence-electron chi connectivity index (χ4n) is 1.33. The standard InChI is InChI=1S/C10H16N2O/c1-8-6-9(7-12(2)11)4-5-10(8)13-3/h4-6H,7,11H2,1-3H3.